The number of hydrogen-bond donors (Lipinski definition) is 2. The number of hydrogen-bond acceptors (Lipinski definition) is 3. The summed E-state index contributed by atoms with van der Waals surface area (Å²) in [6.45, 7) is 4.54. The first kappa shape index (κ1) is 13.9. The van der Waals surface area contributed by atoms with Gasteiger partial charge in [0.25, 0.3) is 0 Å². The first-order chi connectivity index (χ1) is 7.11. The Balaban J connectivity index is 4.33. The van der Waals surface area contributed by atoms with Crippen LogP contribution in [-0.2, 0) is 4.74 Å². The molecule has 0 aliphatic rings. The summed E-state index contributed by atoms with van der Waals surface area (Å²) < 4.78 is 4.85. The van der Waals surface area contributed by atoms with E-state index in [2.05, 4.69) is 10.6 Å². The van der Waals surface area contributed by atoms with Crippen LogP contribution in [0.1, 0.15) is 13.8 Å². The molecule has 4 heteroatoms. The Morgan fingerprint density at radius 2 is 2.07 bits per heavy atom. The molecule has 0 aromatic rings. The Hall–Kier alpha value is -1.09. The molecular formula is C11H19ClN2O. The Bertz CT molecular complexity index is 266. The van der Waals surface area contributed by atoms with Crippen molar-refractivity contribution in [1.29, 1.82) is 0 Å². The van der Waals surface area contributed by atoms with Crippen molar-refractivity contribution in [3.8, 4) is 0 Å². The molecule has 0 aromatic heterocycles. The number of methoxy groups -OCH3 is 1. The first-order valence-corrected chi connectivity index (χ1v) is 5.13. The average molecular weight is 231 g/mol. The van der Waals surface area contributed by atoms with Gasteiger partial charge in [-0.1, -0.05) is 17.7 Å². The third-order valence-corrected chi connectivity index (χ3v) is 1.91. The molecule has 0 amide bonds. The van der Waals surface area contributed by atoms with Crippen LogP contribution in [0.3, 0.4) is 0 Å². The summed E-state index contributed by atoms with van der Waals surface area (Å²) in [5, 5.41) is 7.06. The van der Waals surface area contributed by atoms with Crippen LogP contribution in [-0.4, -0.2) is 20.7 Å². The summed E-state index contributed by atoms with van der Waals surface area (Å²) in [4.78, 5) is 0. The summed E-state index contributed by atoms with van der Waals surface area (Å²) >= 11 is 5.72. The molecule has 0 saturated heterocycles. The summed E-state index contributed by atoms with van der Waals surface area (Å²) in [7, 11) is 3.49. The van der Waals surface area contributed by atoms with Gasteiger partial charge in [0.1, 0.15) is 5.82 Å². The standard InChI is InChI=1S/C11H19ClN2O/c1-9(6-8-15-4)11(13-3)14-7-5-10(2)12/h5-6,8,13-14H,7H2,1-4H3/b8-6+,10-5+,11-9-. The van der Waals surface area contributed by atoms with Gasteiger partial charge in [0.15, 0.2) is 0 Å². The Labute approximate surface area is 96.8 Å². The maximum Gasteiger partial charge on any atom is 0.102 e. The van der Waals surface area contributed by atoms with Crippen molar-refractivity contribution in [2.75, 3.05) is 20.7 Å². The van der Waals surface area contributed by atoms with E-state index < -0.39 is 0 Å². The van der Waals surface area contributed by atoms with E-state index in [1.807, 2.05) is 33.0 Å². The normalized spacial score (nSPS) is 13.8. The second kappa shape index (κ2) is 8.24. The van der Waals surface area contributed by atoms with Crippen molar-refractivity contribution >= 4 is 11.6 Å². The molecule has 0 fully saturated rings. The third kappa shape index (κ3) is 6.91. The Morgan fingerprint density at radius 3 is 2.53 bits per heavy atom. The van der Waals surface area contributed by atoms with E-state index in [-0.39, 0.29) is 0 Å². The molecule has 0 aromatic carbocycles. The van der Waals surface area contributed by atoms with Gasteiger partial charge in [-0.25, -0.2) is 0 Å². The zero-order valence-electron chi connectivity index (χ0n) is 9.73. The third-order valence-electron chi connectivity index (χ3n) is 1.76. The van der Waals surface area contributed by atoms with Gasteiger partial charge in [0.2, 0.25) is 0 Å². The molecule has 0 aliphatic heterocycles. The molecule has 3 nitrogen and oxygen atoms in total. The predicted molar refractivity (Wildman–Crippen MR) is 65.5 cm³/mol. The molecule has 0 rings (SSSR count). The van der Waals surface area contributed by atoms with Crippen LogP contribution in [0.25, 0.3) is 0 Å². The van der Waals surface area contributed by atoms with Crippen LogP contribution in [0.2, 0.25) is 0 Å². The highest BCUT2D eigenvalue weighted by molar-refractivity contribution is 6.29. The molecule has 0 spiro atoms. The first-order valence-electron chi connectivity index (χ1n) is 4.76. The minimum atomic E-state index is 0.698. The van der Waals surface area contributed by atoms with Crippen molar-refractivity contribution in [3.05, 3.63) is 34.8 Å². The molecule has 0 aliphatic carbocycles. The van der Waals surface area contributed by atoms with Crippen LogP contribution in [0.5, 0.6) is 0 Å². The zero-order chi connectivity index (χ0) is 11.7. The number of allylic oxidation sites excluding steroid dienone is 3. The molecule has 0 atom stereocenters. The van der Waals surface area contributed by atoms with Gasteiger partial charge in [-0.3, -0.25) is 0 Å². The molecular weight excluding hydrogens is 212 g/mol. The van der Waals surface area contributed by atoms with Crippen molar-refractivity contribution < 1.29 is 4.74 Å². The topological polar surface area (TPSA) is 33.3 Å². The zero-order valence-corrected chi connectivity index (χ0v) is 10.5. The van der Waals surface area contributed by atoms with E-state index in [1.165, 1.54) is 0 Å². The summed E-state index contributed by atoms with van der Waals surface area (Å²) in [6, 6.07) is 0. The lowest BCUT2D eigenvalue weighted by atomic mass is 10.3. The lowest BCUT2D eigenvalue weighted by molar-refractivity contribution is 0.337. The van der Waals surface area contributed by atoms with E-state index >= 15 is 0 Å². The van der Waals surface area contributed by atoms with Gasteiger partial charge in [0, 0.05) is 18.6 Å². The summed E-state index contributed by atoms with van der Waals surface area (Å²) in [5.74, 6) is 0.956. The van der Waals surface area contributed by atoms with E-state index in [0.717, 1.165) is 16.4 Å². The SMILES string of the molecule is CN/C(NC/C=C(\C)Cl)=C(C)/C=C/OC. The second-order valence-corrected chi connectivity index (χ2v) is 3.61. The van der Waals surface area contributed by atoms with Crippen LogP contribution in [0.15, 0.2) is 34.8 Å². The summed E-state index contributed by atoms with van der Waals surface area (Å²) in [5.41, 5.74) is 1.07. The molecule has 15 heavy (non-hydrogen) atoms. The molecule has 0 heterocycles. The minimum Gasteiger partial charge on any atom is -0.504 e. The molecule has 0 radical (unpaired) electrons. The lowest BCUT2D eigenvalue weighted by Gasteiger charge is -2.10. The van der Waals surface area contributed by atoms with Crippen molar-refractivity contribution in [3.63, 3.8) is 0 Å². The average Bonchev–Trinajstić information content (AvgIpc) is 2.20. The maximum atomic E-state index is 5.72. The van der Waals surface area contributed by atoms with Gasteiger partial charge in [0.05, 0.1) is 13.4 Å². The Morgan fingerprint density at radius 1 is 1.40 bits per heavy atom. The molecule has 2 N–H and O–H groups in total. The van der Waals surface area contributed by atoms with Crippen LogP contribution in [0, 0.1) is 0 Å². The van der Waals surface area contributed by atoms with Gasteiger partial charge in [-0.15, -0.1) is 0 Å². The highest BCUT2D eigenvalue weighted by atomic mass is 35.5. The lowest BCUT2D eigenvalue weighted by Crippen LogP contribution is -2.24. The predicted octanol–water partition coefficient (Wildman–Crippen LogP) is 2.33. The maximum absolute atomic E-state index is 5.72. The number of halogens is 1. The monoisotopic (exact) mass is 230 g/mol. The van der Waals surface area contributed by atoms with Gasteiger partial charge in [-0.05, 0) is 25.5 Å². The quantitative estimate of drug-likeness (QED) is 0.543. The smallest absolute Gasteiger partial charge is 0.102 e. The van der Waals surface area contributed by atoms with Crippen LogP contribution >= 0.6 is 11.6 Å². The number of rotatable bonds is 6. The van der Waals surface area contributed by atoms with E-state index in [9.17, 15) is 0 Å². The number of nitrogens with one attached hydrogen (secondary N) is 2. The van der Waals surface area contributed by atoms with Crippen LogP contribution in [0.4, 0.5) is 0 Å². The van der Waals surface area contributed by atoms with Crippen molar-refractivity contribution in [2.45, 2.75) is 13.8 Å². The fourth-order valence-corrected chi connectivity index (χ4v) is 1.05. The molecule has 0 saturated carbocycles. The molecule has 86 valence electrons. The fraction of sp³-hybridized carbons (Fsp3) is 0.455. The van der Waals surface area contributed by atoms with Gasteiger partial charge in [-0.2, -0.15) is 0 Å². The largest absolute Gasteiger partial charge is 0.504 e. The van der Waals surface area contributed by atoms with E-state index in [4.69, 9.17) is 16.3 Å². The molecule has 0 bridgehead atoms. The number of ether oxygens (including phenoxy) is 1. The van der Waals surface area contributed by atoms with Crippen molar-refractivity contribution in [2.24, 2.45) is 0 Å². The van der Waals surface area contributed by atoms with Gasteiger partial charge >= 0.3 is 0 Å². The fourth-order valence-electron chi connectivity index (χ4n) is 0.972. The Kier molecular flexibility index (Phi) is 7.64. The highest BCUT2D eigenvalue weighted by Gasteiger charge is 1.95. The van der Waals surface area contributed by atoms with E-state index in [1.54, 1.807) is 13.4 Å². The van der Waals surface area contributed by atoms with Gasteiger partial charge < -0.3 is 15.4 Å². The molecule has 0 unspecified atom stereocenters. The summed E-state index contributed by atoms with van der Waals surface area (Å²) in [6.07, 6.45) is 5.43. The van der Waals surface area contributed by atoms with E-state index in [0.29, 0.717) is 6.54 Å². The minimum absolute atomic E-state index is 0.698. The highest BCUT2D eigenvalue weighted by Crippen LogP contribution is 2.00. The van der Waals surface area contributed by atoms with Crippen LogP contribution < -0.4 is 10.6 Å². The van der Waals surface area contributed by atoms with Crippen molar-refractivity contribution in [1.82, 2.24) is 10.6 Å². The second-order valence-electron chi connectivity index (χ2n) is 3.02.